The molecule has 2 heterocycles. The minimum atomic E-state index is -0.635. The number of pyridine rings is 1. The van der Waals surface area contributed by atoms with E-state index in [2.05, 4.69) is 10.3 Å². The van der Waals surface area contributed by atoms with Gasteiger partial charge in [0, 0.05) is 24.8 Å². The van der Waals surface area contributed by atoms with Gasteiger partial charge in [0.05, 0.1) is 11.2 Å². The molecule has 0 bridgehead atoms. The molecule has 3 rings (SSSR count). The summed E-state index contributed by atoms with van der Waals surface area (Å²) >= 11 is 0. The number of amides is 1. The Kier molecular flexibility index (Phi) is 3.63. The molecule has 2 aromatic heterocycles. The maximum absolute atomic E-state index is 14.0. The summed E-state index contributed by atoms with van der Waals surface area (Å²) in [4.78, 5) is 16.7. The lowest BCUT2D eigenvalue weighted by atomic mass is 10.1. The molecule has 1 N–H and O–H groups in total. The molecule has 0 fully saturated rings. The first-order valence-electron chi connectivity index (χ1n) is 7.01. The summed E-state index contributed by atoms with van der Waals surface area (Å²) in [5, 5.41) is 3.16. The van der Waals surface area contributed by atoms with Crippen molar-refractivity contribution < 1.29 is 9.18 Å². The van der Waals surface area contributed by atoms with Gasteiger partial charge in [0.15, 0.2) is 6.04 Å². The Bertz CT molecular complexity index is 827. The summed E-state index contributed by atoms with van der Waals surface area (Å²) in [6.07, 6.45) is 3.37. The monoisotopic (exact) mass is 297 g/mol. The molecule has 0 radical (unpaired) electrons. The number of nitrogens with one attached hydrogen (secondary N) is 1. The van der Waals surface area contributed by atoms with E-state index in [0.29, 0.717) is 16.6 Å². The molecule has 1 unspecified atom stereocenters. The van der Waals surface area contributed by atoms with Crippen LogP contribution in [0.4, 0.5) is 4.39 Å². The summed E-state index contributed by atoms with van der Waals surface area (Å²) in [5.74, 6) is -0.490. The molecule has 4 nitrogen and oxygen atoms in total. The first-order valence-corrected chi connectivity index (χ1v) is 7.01. The molecular weight excluding hydrogens is 281 g/mol. The number of rotatable bonds is 3. The molecule has 112 valence electrons. The van der Waals surface area contributed by atoms with Crippen molar-refractivity contribution in [1.29, 1.82) is 0 Å². The fourth-order valence-corrected chi connectivity index (χ4v) is 2.72. The van der Waals surface area contributed by atoms with Crippen LogP contribution in [0.3, 0.4) is 0 Å². The molecule has 0 aliphatic carbocycles. The molecule has 0 saturated heterocycles. The predicted octanol–water partition coefficient (Wildman–Crippen LogP) is 2.82. The zero-order valence-corrected chi connectivity index (χ0v) is 12.4. The van der Waals surface area contributed by atoms with Crippen molar-refractivity contribution in [2.75, 3.05) is 7.05 Å². The molecular formula is C17H16FN3O. The van der Waals surface area contributed by atoms with Crippen LogP contribution < -0.4 is 5.32 Å². The van der Waals surface area contributed by atoms with Crippen LogP contribution in [0.5, 0.6) is 0 Å². The average molecular weight is 297 g/mol. The fourth-order valence-electron chi connectivity index (χ4n) is 2.72. The Balaban J connectivity index is 2.26. The number of fused-ring (bicyclic) bond motifs is 1. The zero-order chi connectivity index (χ0) is 15.7. The zero-order valence-electron chi connectivity index (χ0n) is 12.4. The van der Waals surface area contributed by atoms with Crippen molar-refractivity contribution >= 4 is 16.8 Å². The Labute approximate surface area is 127 Å². The van der Waals surface area contributed by atoms with Gasteiger partial charge in [-0.2, -0.15) is 0 Å². The number of benzene rings is 1. The molecule has 1 atom stereocenters. The third-order valence-electron chi connectivity index (χ3n) is 3.77. The fraction of sp³-hybridized carbons (Fsp3) is 0.176. The lowest BCUT2D eigenvalue weighted by Crippen LogP contribution is -2.31. The standard InChI is InChI=1S/C17H16FN3O/c1-11-6-7-13(18)12-8-10-21(15(11)12)16(17(22)19-2)14-5-3-4-9-20-14/h3-10,16H,1-2H3,(H,19,22). The topological polar surface area (TPSA) is 46.9 Å². The average Bonchev–Trinajstić information content (AvgIpc) is 2.98. The Morgan fingerprint density at radius 3 is 2.77 bits per heavy atom. The Hall–Kier alpha value is -2.69. The second kappa shape index (κ2) is 5.60. The Morgan fingerprint density at radius 2 is 2.09 bits per heavy atom. The van der Waals surface area contributed by atoms with E-state index in [0.717, 1.165) is 5.56 Å². The van der Waals surface area contributed by atoms with Gasteiger partial charge in [-0.05, 0) is 36.8 Å². The van der Waals surface area contributed by atoms with Gasteiger partial charge in [-0.3, -0.25) is 9.78 Å². The quantitative estimate of drug-likeness (QED) is 0.808. The van der Waals surface area contributed by atoms with Crippen LogP contribution in [-0.2, 0) is 4.79 Å². The first-order chi connectivity index (χ1) is 10.6. The van der Waals surface area contributed by atoms with Crippen molar-refractivity contribution in [3.8, 4) is 0 Å². The van der Waals surface area contributed by atoms with Crippen molar-refractivity contribution in [1.82, 2.24) is 14.9 Å². The van der Waals surface area contributed by atoms with Crippen molar-refractivity contribution in [3.63, 3.8) is 0 Å². The second-order valence-corrected chi connectivity index (χ2v) is 5.12. The van der Waals surface area contributed by atoms with Gasteiger partial charge >= 0.3 is 0 Å². The number of aryl methyl sites for hydroxylation is 1. The normalized spacial score (nSPS) is 12.3. The number of nitrogens with zero attached hydrogens (tertiary/aromatic N) is 2. The summed E-state index contributed by atoms with van der Waals surface area (Å²) in [7, 11) is 1.58. The smallest absolute Gasteiger partial charge is 0.249 e. The van der Waals surface area contributed by atoms with E-state index in [9.17, 15) is 9.18 Å². The van der Waals surface area contributed by atoms with Gasteiger partial charge in [-0.15, -0.1) is 0 Å². The second-order valence-electron chi connectivity index (χ2n) is 5.12. The van der Waals surface area contributed by atoms with Crippen LogP contribution in [-0.4, -0.2) is 22.5 Å². The molecule has 5 heteroatoms. The lowest BCUT2D eigenvalue weighted by molar-refractivity contribution is -0.122. The molecule has 0 saturated carbocycles. The highest BCUT2D eigenvalue weighted by Crippen LogP contribution is 2.28. The van der Waals surface area contributed by atoms with Crippen molar-refractivity contribution in [2.45, 2.75) is 13.0 Å². The van der Waals surface area contributed by atoms with E-state index in [1.54, 1.807) is 48.3 Å². The van der Waals surface area contributed by atoms with Crippen molar-refractivity contribution in [2.24, 2.45) is 0 Å². The van der Waals surface area contributed by atoms with Crippen LogP contribution in [0.15, 0.2) is 48.8 Å². The third kappa shape index (κ3) is 2.24. The highest BCUT2D eigenvalue weighted by molar-refractivity contribution is 5.89. The molecule has 3 aromatic rings. The van der Waals surface area contributed by atoms with Crippen LogP contribution in [0.25, 0.3) is 10.9 Å². The van der Waals surface area contributed by atoms with Gasteiger partial charge in [0.2, 0.25) is 5.91 Å². The van der Waals surface area contributed by atoms with Gasteiger partial charge in [-0.25, -0.2) is 4.39 Å². The number of hydrogen-bond donors (Lipinski definition) is 1. The van der Waals surface area contributed by atoms with Crippen LogP contribution in [0.2, 0.25) is 0 Å². The van der Waals surface area contributed by atoms with Crippen LogP contribution >= 0.6 is 0 Å². The summed E-state index contributed by atoms with van der Waals surface area (Å²) in [6.45, 7) is 1.90. The van der Waals surface area contributed by atoms with E-state index in [4.69, 9.17) is 0 Å². The number of halogens is 1. The van der Waals surface area contributed by atoms with Gasteiger partial charge < -0.3 is 9.88 Å². The van der Waals surface area contributed by atoms with Gasteiger partial charge in [0.25, 0.3) is 0 Å². The number of likely N-dealkylation sites (N-methyl/N-ethyl adjacent to an activating group) is 1. The number of carbonyl (C=O) groups is 1. The Morgan fingerprint density at radius 1 is 1.27 bits per heavy atom. The van der Waals surface area contributed by atoms with Gasteiger partial charge in [0.1, 0.15) is 5.82 Å². The number of hydrogen-bond acceptors (Lipinski definition) is 2. The number of carbonyl (C=O) groups excluding carboxylic acids is 1. The van der Waals surface area contributed by atoms with E-state index < -0.39 is 6.04 Å². The van der Waals surface area contributed by atoms with Crippen LogP contribution in [0, 0.1) is 12.7 Å². The maximum atomic E-state index is 14.0. The minimum absolute atomic E-state index is 0.195. The molecule has 0 spiro atoms. The van der Waals surface area contributed by atoms with Gasteiger partial charge in [-0.1, -0.05) is 12.1 Å². The highest BCUT2D eigenvalue weighted by atomic mass is 19.1. The molecule has 1 aromatic carbocycles. The van der Waals surface area contributed by atoms with E-state index in [1.165, 1.54) is 6.07 Å². The minimum Gasteiger partial charge on any atom is -0.357 e. The molecule has 22 heavy (non-hydrogen) atoms. The van der Waals surface area contributed by atoms with E-state index in [-0.39, 0.29) is 11.7 Å². The summed E-state index contributed by atoms with van der Waals surface area (Å²) in [5.41, 5.74) is 2.23. The molecule has 0 aliphatic heterocycles. The van der Waals surface area contributed by atoms with E-state index in [1.807, 2.05) is 13.0 Å². The van der Waals surface area contributed by atoms with Crippen molar-refractivity contribution in [3.05, 3.63) is 65.9 Å². The lowest BCUT2D eigenvalue weighted by Gasteiger charge is -2.19. The number of aromatic nitrogens is 2. The molecule has 1 amide bonds. The van der Waals surface area contributed by atoms with Crippen LogP contribution in [0.1, 0.15) is 17.3 Å². The largest absolute Gasteiger partial charge is 0.357 e. The molecule has 0 aliphatic rings. The highest BCUT2D eigenvalue weighted by Gasteiger charge is 2.25. The maximum Gasteiger partial charge on any atom is 0.249 e. The third-order valence-corrected chi connectivity index (χ3v) is 3.77. The summed E-state index contributed by atoms with van der Waals surface area (Å²) in [6, 6.07) is 9.63. The first kappa shape index (κ1) is 14.3. The predicted molar refractivity (Wildman–Crippen MR) is 83.1 cm³/mol. The summed E-state index contributed by atoms with van der Waals surface area (Å²) < 4.78 is 15.8. The SMILES string of the molecule is CNC(=O)C(c1ccccn1)n1ccc2c(F)ccc(C)c21. The van der Waals surface area contributed by atoms with E-state index >= 15 is 0 Å².